The third-order valence-electron chi connectivity index (χ3n) is 2.86. The van der Waals surface area contributed by atoms with E-state index in [0.29, 0.717) is 23.9 Å². The van der Waals surface area contributed by atoms with Crippen LogP contribution in [0.25, 0.3) is 0 Å². The van der Waals surface area contributed by atoms with Crippen molar-refractivity contribution in [3.63, 3.8) is 0 Å². The first-order chi connectivity index (χ1) is 9.49. The van der Waals surface area contributed by atoms with Crippen molar-refractivity contribution >= 4 is 21.8 Å². The summed E-state index contributed by atoms with van der Waals surface area (Å²) >= 11 is 1.72. The minimum Gasteiger partial charge on any atom is -0.313 e. The Morgan fingerprint density at radius 3 is 2.75 bits per heavy atom. The summed E-state index contributed by atoms with van der Waals surface area (Å²) in [6.45, 7) is 6.08. The van der Waals surface area contributed by atoms with Gasteiger partial charge in [0.15, 0.2) is 0 Å². The summed E-state index contributed by atoms with van der Waals surface area (Å²) in [6, 6.07) is 7.08. The van der Waals surface area contributed by atoms with E-state index in [2.05, 4.69) is 10.0 Å². The molecule has 1 rings (SSSR count). The second kappa shape index (κ2) is 8.67. The van der Waals surface area contributed by atoms with Crippen molar-refractivity contribution in [3.05, 3.63) is 29.8 Å². The van der Waals surface area contributed by atoms with Gasteiger partial charge in [-0.2, -0.15) is 11.8 Å². The van der Waals surface area contributed by atoms with Gasteiger partial charge in [0.1, 0.15) is 0 Å². The van der Waals surface area contributed by atoms with Crippen LogP contribution in [0.5, 0.6) is 0 Å². The van der Waals surface area contributed by atoms with Crippen molar-refractivity contribution in [2.75, 3.05) is 25.1 Å². The van der Waals surface area contributed by atoms with Crippen LogP contribution in [0.15, 0.2) is 29.2 Å². The third-order valence-corrected chi connectivity index (χ3v) is 5.18. The van der Waals surface area contributed by atoms with Gasteiger partial charge in [0.2, 0.25) is 10.0 Å². The molecule has 2 N–H and O–H groups in total. The van der Waals surface area contributed by atoms with Gasteiger partial charge in [-0.25, -0.2) is 13.1 Å². The highest BCUT2D eigenvalue weighted by atomic mass is 32.2. The molecule has 0 saturated heterocycles. The SMILES string of the molecule is CCNCc1cccc(S(=O)(=O)NCC(C)CSC)c1. The number of hydrogen-bond donors (Lipinski definition) is 2. The largest absolute Gasteiger partial charge is 0.313 e. The van der Waals surface area contributed by atoms with Gasteiger partial charge in [-0.05, 0) is 42.2 Å². The number of benzene rings is 1. The molecule has 1 aromatic carbocycles. The van der Waals surface area contributed by atoms with Crippen molar-refractivity contribution in [2.24, 2.45) is 5.92 Å². The van der Waals surface area contributed by atoms with Crippen molar-refractivity contribution in [3.8, 4) is 0 Å². The van der Waals surface area contributed by atoms with Crippen LogP contribution in [0, 0.1) is 5.92 Å². The van der Waals surface area contributed by atoms with Crippen molar-refractivity contribution in [1.82, 2.24) is 10.0 Å². The van der Waals surface area contributed by atoms with E-state index in [-0.39, 0.29) is 0 Å². The number of thioether (sulfide) groups is 1. The van der Waals surface area contributed by atoms with Crippen LogP contribution in [0.2, 0.25) is 0 Å². The van der Waals surface area contributed by atoms with E-state index in [4.69, 9.17) is 0 Å². The normalized spacial score (nSPS) is 13.3. The molecule has 0 fully saturated rings. The molecule has 4 nitrogen and oxygen atoms in total. The second-order valence-electron chi connectivity index (χ2n) is 4.84. The number of sulfonamides is 1. The lowest BCUT2D eigenvalue weighted by Crippen LogP contribution is -2.29. The first-order valence-electron chi connectivity index (χ1n) is 6.78. The van der Waals surface area contributed by atoms with E-state index in [1.54, 1.807) is 30.0 Å². The van der Waals surface area contributed by atoms with Gasteiger partial charge in [0.05, 0.1) is 4.90 Å². The molecular formula is C14H24N2O2S2. The summed E-state index contributed by atoms with van der Waals surface area (Å²) in [7, 11) is -3.41. The fourth-order valence-corrected chi connectivity index (χ4v) is 3.69. The van der Waals surface area contributed by atoms with Gasteiger partial charge >= 0.3 is 0 Å². The molecule has 0 heterocycles. The fraction of sp³-hybridized carbons (Fsp3) is 0.571. The summed E-state index contributed by atoms with van der Waals surface area (Å²) in [5, 5.41) is 3.19. The van der Waals surface area contributed by atoms with E-state index >= 15 is 0 Å². The van der Waals surface area contributed by atoms with Crippen LogP contribution in [0.3, 0.4) is 0 Å². The second-order valence-corrected chi connectivity index (χ2v) is 7.52. The maximum atomic E-state index is 12.2. The lowest BCUT2D eigenvalue weighted by Gasteiger charge is -2.12. The average Bonchev–Trinajstić information content (AvgIpc) is 2.44. The molecule has 0 saturated carbocycles. The molecule has 1 atom stereocenters. The third kappa shape index (κ3) is 5.83. The molecule has 0 aliphatic heterocycles. The minimum absolute atomic E-state index is 0.324. The Labute approximate surface area is 126 Å². The standard InChI is InChI=1S/C14H24N2O2S2/c1-4-15-10-13-6-5-7-14(8-13)20(17,18)16-9-12(2)11-19-3/h5-8,12,15-16H,4,9-11H2,1-3H3. The molecule has 0 amide bonds. The Morgan fingerprint density at radius 2 is 2.10 bits per heavy atom. The lowest BCUT2D eigenvalue weighted by molar-refractivity contribution is 0.562. The van der Waals surface area contributed by atoms with Crippen LogP contribution < -0.4 is 10.0 Å². The van der Waals surface area contributed by atoms with Gasteiger partial charge in [0, 0.05) is 13.1 Å². The summed E-state index contributed by atoms with van der Waals surface area (Å²) in [5.74, 6) is 1.27. The van der Waals surface area contributed by atoms with Crippen LogP contribution in [0.1, 0.15) is 19.4 Å². The zero-order chi connectivity index (χ0) is 15.0. The summed E-state index contributed by atoms with van der Waals surface area (Å²) in [4.78, 5) is 0.337. The van der Waals surface area contributed by atoms with Crippen LogP contribution in [-0.2, 0) is 16.6 Å². The van der Waals surface area contributed by atoms with Crippen LogP contribution in [0.4, 0.5) is 0 Å². The summed E-state index contributed by atoms with van der Waals surface area (Å²) in [6.07, 6.45) is 2.02. The molecule has 0 radical (unpaired) electrons. The Balaban J connectivity index is 2.71. The maximum Gasteiger partial charge on any atom is 0.240 e. The summed E-state index contributed by atoms with van der Waals surface area (Å²) < 4.78 is 27.1. The van der Waals surface area contributed by atoms with E-state index in [0.717, 1.165) is 17.9 Å². The number of hydrogen-bond acceptors (Lipinski definition) is 4. The quantitative estimate of drug-likeness (QED) is 0.732. The average molecular weight is 316 g/mol. The van der Waals surface area contributed by atoms with E-state index < -0.39 is 10.0 Å². The molecule has 0 aliphatic carbocycles. The molecule has 0 aliphatic rings. The minimum atomic E-state index is -3.41. The summed E-state index contributed by atoms with van der Waals surface area (Å²) in [5.41, 5.74) is 0.979. The van der Waals surface area contributed by atoms with Crippen LogP contribution in [-0.4, -0.2) is 33.5 Å². The van der Waals surface area contributed by atoms with Gasteiger partial charge in [-0.15, -0.1) is 0 Å². The molecule has 0 spiro atoms. The lowest BCUT2D eigenvalue weighted by atomic mass is 10.2. The zero-order valence-corrected chi connectivity index (χ0v) is 14.0. The monoisotopic (exact) mass is 316 g/mol. The maximum absolute atomic E-state index is 12.2. The van der Waals surface area contributed by atoms with E-state index in [1.165, 1.54) is 0 Å². The Morgan fingerprint density at radius 1 is 1.35 bits per heavy atom. The number of nitrogens with one attached hydrogen (secondary N) is 2. The Kier molecular flexibility index (Phi) is 7.58. The first kappa shape index (κ1) is 17.5. The molecular weight excluding hydrogens is 292 g/mol. The van der Waals surface area contributed by atoms with Crippen molar-refractivity contribution in [1.29, 1.82) is 0 Å². The first-order valence-corrected chi connectivity index (χ1v) is 9.65. The van der Waals surface area contributed by atoms with Gasteiger partial charge in [-0.3, -0.25) is 0 Å². The Bertz CT molecular complexity index is 504. The number of rotatable bonds is 9. The van der Waals surface area contributed by atoms with Crippen molar-refractivity contribution < 1.29 is 8.42 Å². The molecule has 20 heavy (non-hydrogen) atoms. The highest BCUT2D eigenvalue weighted by Gasteiger charge is 2.15. The Hall–Kier alpha value is -0.560. The van der Waals surface area contributed by atoms with Gasteiger partial charge in [0.25, 0.3) is 0 Å². The molecule has 1 unspecified atom stereocenters. The molecule has 114 valence electrons. The van der Waals surface area contributed by atoms with Crippen LogP contribution >= 0.6 is 11.8 Å². The molecule has 0 bridgehead atoms. The topological polar surface area (TPSA) is 58.2 Å². The highest BCUT2D eigenvalue weighted by molar-refractivity contribution is 7.98. The van der Waals surface area contributed by atoms with Gasteiger partial charge < -0.3 is 5.32 Å². The predicted octanol–water partition coefficient (Wildman–Crippen LogP) is 2.07. The fourth-order valence-electron chi connectivity index (χ4n) is 1.77. The van der Waals surface area contributed by atoms with Gasteiger partial charge in [-0.1, -0.05) is 26.0 Å². The zero-order valence-electron chi connectivity index (χ0n) is 12.3. The molecule has 6 heteroatoms. The van der Waals surface area contributed by atoms with E-state index in [1.807, 2.05) is 26.2 Å². The smallest absolute Gasteiger partial charge is 0.240 e. The molecule has 1 aromatic rings. The highest BCUT2D eigenvalue weighted by Crippen LogP contribution is 2.12. The van der Waals surface area contributed by atoms with Crippen molar-refractivity contribution in [2.45, 2.75) is 25.3 Å². The predicted molar refractivity (Wildman–Crippen MR) is 86.6 cm³/mol. The molecule has 0 aromatic heterocycles. The van der Waals surface area contributed by atoms with E-state index in [9.17, 15) is 8.42 Å².